The van der Waals surface area contributed by atoms with Crippen molar-refractivity contribution in [3.05, 3.63) is 258 Å². The number of ether oxygens (including phenoxy) is 3. The third-order valence-corrected chi connectivity index (χ3v) is 18.1. The van der Waals surface area contributed by atoms with Crippen molar-refractivity contribution in [3.63, 3.8) is 0 Å². The van der Waals surface area contributed by atoms with Crippen molar-refractivity contribution in [2.45, 2.75) is 19.6 Å². The Balaban J connectivity index is 0.000000142. The normalized spacial score (nSPS) is 11.0. The van der Waals surface area contributed by atoms with E-state index in [0.717, 1.165) is 61.7 Å². The predicted molar refractivity (Wildman–Crippen MR) is 374 cm³/mol. The third kappa shape index (κ3) is 18.3. The zero-order chi connectivity index (χ0) is 69.7. The Morgan fingerprint density at radius 1 is 0.388 bits per heavy atom. The molecule has 0 bridgehead atoms. The van der Waals surface area contributed by atoms with Crippen LogP contribution < -0.4 is 26.7 Å². The summed E-state index contributed by atoms with van der Waals surface area (Å²) < 4.78 is 88.8. The number of aromatic nitrogens is 4. The molecule has 4 heterocycles. The number of carbonyl (C=O) groups excluding carboxylic acids is 4. The molecule has 4 aromatic heterocycles. The molecular weight excluding hydrogens is 1390 g/mol. The Kier molecular flexibility index (Phi) is 22.6. The number of esters is 1. The summed E-state index contributed by atoms with van der Waals surface area (Å²) in [7, 11) is 0. The summed E-state index contributed by atoms with van der Waals surface area (Å²) in [5.41, 5.74) is 27.2. The minimum atomic E-state index is -4.78. The number of benzene rings is 9. The molecule has 14 nitrogen and oxygen atoms in total. The molecule has 0 saturated carbocycles. The SMILES string of the molecule is CCOC(=O)c1nc(-c2cccc(-c3ccccc3OC(F)(F)F)c2)cs1.NC(=O)c1nc(-c2cccc(-c3ccc4ccccc4c3)c2)cs1.NC(=O)c1nc(-c2cccc(-c3cccc(Cl)c3Cl)c2)cs1.NC(=O)c1nc(-c2cccc(-c3ccccc3OC(F)(F)F)c2)cs1. The van der Waals surface area contributed by atoms with Crippen LogP contribution in [0.2, 0.25) is 10.0 Å². The van der Waals surface area contributed by atoms with Gasteiger partial charge in [-0.3, -0.25) is 14.4 Å². The van der Waals surface area contributed by atoms with E-state index < -0.39 is 36.4 Å². The molecule has 0 atom stereocenters. The van der Waals surface area contributed by atoms with E-state index in [2.05, 4.69) is 71.9 Å². The van der Waals surface area contributed by atoms with Gasteiger partial charge in [-0.15, -0.1) is 71.7 Å². The van der Waals surface area contributed by atoms with E-state index in [1.165, 1.54) is 63.8 Å². The van der Waals surface area contributed by atoms with Crippen LogP contribution in [0.3, 0.4) is 0 Å². The van der Waals surface area contributed by atoms with Crippen molar-refractivity contribution in [1.29, 1.82) is 0 Å². The Morgan fingerprint density at radius 3 is 1.14 bits per heavy atom. The van der Waals surface area contributed by atoms with Gasteiger partial charge in [-0.05, 0) is 94.0 Å². The summed E-state index contributed by atoms with van der Waals surface area (Å²) in [6, 6.07) is 61.6. The predicted octanol–water partition coefficient (Wildman–Crippen LogP) is 19.6. The number of amides is 3. The number of nitrogens with two attached hydrogens (primary N) is 3. The summed E-state index contributed by atoms with van der Waals surface area (Å²) >= 11 is 17.1. The monoisotopic (exact) mass is 1440 g/mol. The van der Waals surface area contributed by atoms with E-state index in [9.17, 15) is 45.5 Å². The molecule has 26 heteroatoms. The molecule has 0 unspecified atom stereocenters. The van der Waals surface area contributed by atoms with E-state index in [1.54, 1.807) is 95.9 Å². The van der Waals surface area contributed by atoms with Crippen LogP contribution in [-0.4, -0.2) is 63.0 Å². The van der Waals surface area contributed by atoms with Crippen LogP contribution >= 0.6 is 68.5 Å². The average molecular weight is 1440 g/mol. The molecule has 6 N–H and O–H groups in total. The van der Waals surface area contributed by atoms with Crippen molar-refractivity contribution in [2.75, 3.05) is 6.61 Å². The number of thiazole rings is 4. The molecule has 98 heavy (non-hydrogen) atoms. The zero-order valence-corrected chi connectivity index (χ0v) is 55.5. The van der Waals surface area contributed by atoms with Crippen molar-refractivity contribution in [1.82, 2.24) is 19.9 Å². The second-order valence-electron chi connectivity index (χ2n) is 20.5. The summed E-state index contributed by atoms with van der Waals surface area (Å²) in [5.74, 6) is -2.72. The Hall–Kier alpha value is -10.6. The van der Waals surface area contributed by atoms with Gasteiger partial charge in [0.1, 0.15) is 11.5 Å². The largest absolute Gasteiger partial charge is 0.573 e. The molecule has 13 aromatic rings. The lowest BCUT2D eigenvalue weighted by molar-refractivity contribution is -0.275. The Morgan fingerprint density at radius 2 is 0.724 bits per heavy atom. The number of carbonyl (C=O) groups is 4. The van der Waals surface area contributed by atoms with Gasteiger partial charge in [0.05, 0.1) is 39.4 Å². The van der Waals surface area contributed by atoms with Crippen LogP contribution in [0.25, 0.3) is 100 Å². The lowest BCUT2D eigenvalue weighted by Gasteiger charge is -2.13. The number of rotatable bonds is 15. The second kappa shape index (κ2) is 31.5. The van der Waals surface area contributed by atoms with E-state index in [-0.39, 0.29) is 28.1 Å². The highest BCUT2D eigenvalue weighted by molar-refractivity contribution is 7.13. The van der Waals surface area contributed by atoms with Crippen molar-refractivity contribution >= 4 is 103 Å². The maximum absolute atomic E-state index is 12.6. The summed E-state index contributed by atoms with van der Waals surface area (Å²) in [5, 5.41) is 11.5. The van der Waals surface area contributed by atoms with Crippen LogP contribution in [0.1, 0.15) is 46.1 Å². The van der Waals surface area contributed by atoms with E-state index >= 15 is 0 Å². The molecule has 9 aromatic carbocycles. The highest BCUT2D eigenvalue weighted by Gasteiger charge is 2.33. The molecular formula is C72H49Cl2F6N7O7S4. The highest BCUT2D eigenvalue weighted by Crippen LogP contribution is 2.40. The first-order chi connectivity index (χ1) is 47.0. The fraction of sp³-hybridized carbons (Fsp3) is 0.0556. The number of fused-ring (bicyclic) bond motifs is 1. The number of hydrogen-bond acceptors (Lipinski definition) is 15. The lowest BCUT2D eigenvalue weighted by Crippen LogP contribution is -2.17. The van der Waals surface area contributed by atoms with Gasteiger partial charge in [-0.2, -0.15) is 0 Å². The fourth-order valence-electron chi connectivity index (χ4n) is 9.58. The maximum Gasteiger partial charge on any atom is 0.573 e. The van der Waals surface area contributed by atoms with Gasteiger partial charge < -0.3 is 31.4 Å². The molecule has 13 rings (SSSR count). The topological polar surface area (TPSA) is 226 Å². The van der Waals surface area contributed by atoms with Gasteiger partial charge in [0, 0.05) is 60.5 Å². The van der Waals surface area contributed by atoms with Crippen molar-refractivity contribution < 1.29 is 59.7 Å². The first-order valence-corrected chi connectivity index (χ1v) is 33.2. The second-order valence-corrected chi connectivity index (χ2v) is 24.8. The van der Waals surface area contributed by atoms with Crippen LogP contribution in [-0.2, 0) is 4.74 Å². The number of alkyl halides is 6. The van der Waals surface area contributed by atoms with Crippen molar-refractivity contribution in [2.24, 2.45) is 17.2 Å². The van der Waals surface area contributed by atoms with Gasteiger partial charge in [-0.1, -0.05) is 181 Å². The number of primary amides is 3. The van der Waals surface area contributed by atoms with E-state index in [0.29, 0.717) is 70.5 Å². The Bertz CT molecular complexity index is 5040. The molecule has 0 radical (unpaired) electrons. The van der Waals surface area contributed by atoms with Crippen LogP contribution in [0.15, 0.2) is 228 Å². The minimum Gasteiger partial charge on any atom is -0.461 e. The number of hydrogen-bond donors (Lipinski definition) is 3. The zero-order valence-electron chi connectivity index (χ0n) is 50.7. The summed E-state index contributed by atoms with van der Waals surface area (Å²) in [6.45, 7) is 1.95. The van der Waals surface area contributed by atoms with Crippen molar-refractivity contribution in [3.8, 4) is 101 Å². The minimum absolute atomic E-state index is 0.168. The molecule has 0 aliphatic rings. The highest BCUT2D eigenvalue weighted by atomic mass is 35.5. The first kappa shape index (κ1) is 70.2. The van der Waals surface area contributed by atoms with Crippen LogP contribution in [0.4, 0.5) is 26.3 Å². The number of para-hydroxylation sites is 2. The quantitative estimate of drug-likeness (QED) is 0.0646. The fourth-order valence-corrected chi connectivity index (χ4v) is 12.7. The van der Waals surface area contributed by atoms with Crippen LogP contribution in [0.5, 0.6) is 11.5 Å². The summed E-state index contributed by atoms with van der Waals surface area (Å²) in [6.07, 6.45) is -9.56. The van der Waals surface area contributed by atoms with E-state index in [1.807, 2.05) is 66.0 Å². The lowest BCUT2D eigenvalue weighted by atomic mass is 9.99. The molecule has 0 spiro atoms. The van der Waals surface area contributed by atoms with Gasteiger partial charge in [0.15, 0.2) is 15.0 Å². The molecule has 0 aliphatic carbocycles. The smallest absolute Gasteiger partial charge is 0.461 e. The van der Waals surface area contributed by atoms with E-state index in [4.69, 9.17) is 45.1 Å². The molecule has 494 valence electrons. The number of nitrogens with zero attached hydrogens (tertiary/aromatic N) is 4. The first-order valence-electron chi connectivity index (χ1n) is 28.9. The molecule has 0 aliphatic heterocycles. The van der Waals surface area contributed by atoms with Gasteiger partial charge >= 0.3 is 18.7 Å². The van der Waals surface area contributed by atoms with Gasteiger partial charge in [0.2, 0.25) is 5.01 Å². The average Bonchev–Trinajstić information content (AvgIpc) is 1.56. The van der Waals surface area contributed by atoms with Crippen LogP contribution in [0, 0.1) is 0 Å². The standard InChI is InChI=1S/C20H14N2OS.C19H14F3NO3S.C17H11F3N2O2S.C16H10Cl2N2OS/c21-19(23)20-22-18(12-24-20)17-7-3-6-15(11-17)16-9-8-13-4-1-2-5-14(13)10-16;1-2-25-18(24)17-23-15(11-27-17)13-7-5-6-12(10-13)14-8-3-4-9-16(14)26-19(20,21)22;18-17(19,20)24-14-7-2-1-6-12(14)10-4-3-5-11(8-10)13-9-25-16(22-13)15(21)23;17-12-6-2-5-11(14(12)18)9-3-1-4-10(7-9)13-8-22-16(20-13)15(19)21/h1-12H,(H2,21,23);3-11H,2H2,1H3;1-9H,(H2,21,23);1-8H,(H2,19,21). The summed E-state index contributed by atoms with van der Waals surface area (Å²) in [4.78, 5) is 62.2. The maximum atomic E-state index is 12.6. The van der Waals surface area contributed by atoms with Gasteiger partial charge in [-0.25, -0.2) is 24.7 Å². The third-order valence-electron chi connectivity index (χ3n) is 13.9. The molecule has 0 fully saturated rings. The van der Waals surface area contributed by atoms with Gasteiger partial charge in [0.25, 0.3) is 17.7 Å². The molecule has 0 saturated heterocycles. The Labute approximate surface area is 581 Å². The molecule has 3 amide bonds. The number of halogens is 8.